The predicted molar refractivity (Wildman–Crippen MR) is 116 cm³/mol. The molecule has 1 aliphatic heterocycles. The van der Waals surface area contributed by atoms with E-state index < -0.39 is 21.6 Å². The molecule has 0 bridgehead atoms. The molecule has 1 saturated heterocycles. The van der Waals surface area contributed by atoms with E-state index in [0.29, 0.717) is 13.0 Å². The van der Waals surface area contributed by atoms with E-state index >= 15 is 0 Å². The highest BCUT2D eigenvalue weighted by Crippen LogP contribution is 2.38. The lowest BCUT2D eigenvalue weighted by Crippen LogP contribution is -2.42. The second-order valence-corrected chi connectivity index (χ2v) is 10.3. The molecule has 0 aromatic heterocycles. The Morgan fingerprint density at radius 3 is 2.30 bits per heavy atom. The summed E-state index contributed by atoms with van der Waals surface area (Å²) in [6.45, 7) is 3.92. The van der Waals surface area contributed by atoms with E-state index in [1.165, 1.54) is 24.1 Å². The van der Waals surface area contributed by atoms with Crippen LogP contribution in [0.3, 0.4) is 0 Å². The van der Waals surface area contributed by atoms with Gasteiger partial charge in [-0.25, -0.2) is 17.9 Å². The SMILES string of the molecule is CC(=O)N1CCC[C@]1(C)/C=C/S(=O)(=O)NC(=O)Nc1c2c(cc3c1CCC3)CCC2. The molecule has 1 fully saturated rings. The average molecular weight is 432 g/mol. The first-order chi connectivity index (χ1) is 14.2. The highest BCUT2D eigenvalue weighted by molar-refractivity contribution is 7.92. The fourth-order valence-corrected chi connectivity index (χ4v) is 6.03. The van der Waals surface area contributed by atoms with Gasteiger partial charge in [-0.3, -0.25) is 4.79 Å². The maximum atomic E-state index is 12.6. The first-order valence-electron chi connectivity index (χ1n) is 10.7. The third-order valence-electron chi connectivity index (χ3n) is 6.61. The second kappa shape index (κ2) is 7.72. The first-order valence-corrected chi connectivity index (χ1v) is 12.2. The van der Waals surface area contributed by atoms with E-state index in [-0.39, 0.29) is 5.91 Å². The van der Waals surface area contributed by atoms with Crippen molar-refractivity contribution < 1.29 is 18.0 Å². The van der Waals surface area contributed by atoms with Crippen LogP contribution in [0.1, 0.15) is 61.8 Å². The molecule has 1 aromatic carbocycles. The Labute approximate surface area is 178 Å². The number of anilines is 1. The number of urea groups is 1. The van der Waals surface area contributed by atoms with Gasteiger partial charge < -0.3 is 10.2 Å². The fourth-order valence-electron chi connectivity index (χ4n) is 5.18. The van der Waals surface area contributed by atoms with E-state index in [0.717, 1.165) is 67.2 Å². The Bertz CT molecular complexity index is 999. The van der Waals surface area contributed by atoms with Crippen LogP contribution in [0.2, 0.25) is 0 Å². The number of nitrogens with zero attached hydrogens (tertiary/aromatic N) is 1. The van der Waals surface area contributed by atoms with Gasteiger partial charge in [0.15, 0.2) is 0 Å². The summed E-state index contributed by atoms with van der Waals surface area (Å²) in [5.41, 5.74) is 4.99. The predicted octanol–water partition coefficient (Wildman–Crippen LogP) is 3.03. The van der Waals surface area contributed by atoms with Crippen molar-refractivity contribution in [1.82, 2.24) is 9.62 Å². The van der Waals surface area contributed by atoms with Gasteiger partial charge in [0.1, 0.15) is 0 Å². The number of aryl methyl sites for hydroxylation is 2. The molecule has 30 heavy (non-hydrogen) atoms. The summed E-state index contributed by atoms with van der Waals surface area (Å²) in [6.07, 6.45) is 8.95. The molecule has 0 saturated carbocycles. The van der Waals surface area contributed by atoms with Crippen molar-refractivity contribution in [2.45, 2.75) is 70.8 Å². The summed E-state index contributed by atoms with van der Waals surface area (Å²) in [5, 5.41) is 3.84. The van der Waals surface area contributed by atoms with Crippen LogP contribution in [0.5, 0.6) is 0 Å². The van der Waals surface area contributed by atoms with Crippen LogP contribution < -0.4 is 10.0 Å². The number of likely N-dealkylation sites (tertiary alicyclic amines) is 1. The monoisotopic (exact) mass is 431 g/mol. The molecule has 1 heterocycles. The lowest BCUT2D eigenvalue weighted by molar-refractivity contribution is -0.131. The van der Waals surface area contributed by atoms with Crippen molar-refractivity contribution in [3.63, 3.8) is 0 Å². The molecule has 0 unspecified atom stereocenters. The Morgan fingerprint density at radius 2 is 1.70 bits per heavy atom. The minimum Gasteiger partial charge on any atom is -0.334 e. The van der Waals surface area contributed by atoms with Gasteiger partial charge in [0.05, 0.1) is 5.54 Å². The van der Waals surface area contributed by atoms with Crippen LogP contribution in [-0.2, 0) is 40.5 Å². The zero-order valence-electron chi connectivity index (χ0n) is 17.6. The molecule has 8 heteroatoms. The van der Waals surface area contributed by atoms with Crippen LogP contribution in [0, 0.1) is 0 Å². The zero-order valence-corrected chi connectivity index (χ0v) is 18.4. The minimum atomic E-state index is -3.98. The van der Waals surface area contributed by atoms with Crippen LogP contribution in [0.4, 0.5) is 10.5 Å². The summed E-state index contributed by atoms with van der Waals surface area (Å²) < 4.78 is 27.1. The standard InChI is InChI=1S/C22H29N3O4S/c1-15(26)25-12-5-10-22(25,2)11-13-30(28,29)24-21(27)23-20-18-8-3-6-16(18)14-17-7-4-9-19(17)20/h11,13-14H,3-10,12H2,1-2H3,(H2,23,24,27)/b13-11+/t22-/m1/s1. The van der Waals surface area contributed by atoms with E-state index in [1.807, 2.05) is 6.92 Å². The van der Waals surface area contributed by atoms with Gasteiger partial charge in [0, 0.05) is 24.6 Å². The third kappa shape index (κ3) is 3.97. The molecule has 3 aliphatic rings. The molecule has 4 rings (SSSR count). The maximum Gasteiger partial charge on any atom is 0.333 e. The highest BCUT2D eigenvalue weighted by Gasteiger charge is 2.36. The summed E-state index contributed by atoms with van der Waals surface area (Å²) in [7, 11) is -3.98. The zero-order chi connectivity index (χ0) is 21.5. The molecular weight excluding hydrogens is 402 g/mol. The molecule has 0 spiro atoms. The minimum absolute atomic E-state index is 0.0884. The number of carbonyl (C=O) groups is 2. The van der Waals surface area contributed by atoms with Crippen molar-refractivity contribution in [3.8, 4) is 0 Å². The van der Waals surface area contributed by atoms with Crippen molar-refractivity contribution in [1.29, 1.82) is 0 Å². The van der Waals surface area contributed by atoms with Crippen molar-refractivity contribution in [3.05, 3.63) is 39.8 Å². The molecule has 2 aliphatic carbocycles. The maximum absolute atomic E-state index is 12.6. The van der Waals surface area contributed by atoms with E-state index in [4.69, 9.17) is 0 Å². The van der Waals surface area contributed by atoms with E-state index in [1.54, 1.807) is 4.90 Å². The van der Waals surface area contributed by atoms with Crippen LogP contribution in [-0.4, -0.2) is 37.3 Å². The Morgan fingerprint density at radius 1 is 1.07 bits per heavy atom. The van der Waals surface area contributed by atoms with Gasteiger partial charge in [0.25, 0.3) is 10.0 Å². The van der Waals surface area contributed by atoms with E-state index in [2.05, 4.69) is 16.1 Å². The summed E-state index contributed by atoms with van der Waals surface area (Å²) in [6, 6.07) is 1.52. The van der Waals surface area contributed by atoms with Gasteiger partial charge in [-0.05, 0) is 86.6 Å². The normalized spacial score (nSPS) is 22.9. The molecule has 162 valence electrons. The number of carbonyl (C=O) groups excluding carboxylic acids is 2. The number of fused-ring (bicyclic) bond motifs is 2. The van der Waals surface area contributed by atoms with Gasteiger partial charge in [-0.1, -0.05) is 6.07 Å². The molecule has 1 aromatic rings. The molecule has 3 amide bonds. The second-order valence-electron chi connectivity index (χ2n) is 8.77. The van der Waals surface area contributed by atoms with Crippen LogP contribution in [0.25, 0.3) is 0 Å². The molecule has 2 N–H and O–H groups in total. The lowest BCUT2D eigenvalue weighted by atomic mass is 9.99. The molecule has 1 atom stereocenters. The number of hydrogen-bond acceptors (Lipinski definition) is 4. The lowest BCUT2D eigenvalue weighted by Gasteiger charge is -2.31. The number of nitrogens with one attached hydrogen (secondary N) is 2. The quantitative estimate of drug-likeness (QED) is 0.766. The van der Waals surface area contributed by atoms with Gasteiger partial charge in [0.2, 0.25) is 5.91 Å². The Balaban J connectivity index is 1.49. The molecular formula is C22H29N3O4S. The third-order valence-corrected chi connectivity index (χ3v) is 7.58. The summed E-state index contributed by atoms with van der Waals surface area (Å²) in [5.74, 6) is -0.0884. The van der Waals surface area contributed by atoms with Crippen LogP contribution in [0.15, 0.2) is 17.6 Å². The van der Waals surface area contributed by atoms with Crippen LogP contribution >= 0.6 is 0 Å². The van der Waals surface area contributed by atoms with Crippen molar-refractivity contribution in [2.24, 2.45) is 0 Å². The summed E-state index contributed by atoms with van der Waals surface area (Å²) >= 11 is 0. The first kappa shape index (κ1) is 20.9. The topological polar surface area (TPSA) is 95.6 Å². The average Bonchev–Trinajstić information content (AvgIpc) is 3.38. The number of sulfonamides is 1. The number of benzene rings is 1. The number of hydrogen-bond donors (Lipinski definition) is 2. The highest BCUT2D eigenvalue weighted by atomic mass is 32.2. The Kier molecular flexibility index (Phi) is 5.38. The number of amides is 3. The fraction of sp³-hybridized carbons (Fsp3) is 0.545. The smallest absolute Gasteiger partial charge is 0.333 e. The van der Waals surface area contributed by atoms with Gasteiger partial charge in [-0.15, -0.1) is 0 Å². The largest absolute Gasteiger partial charge is 0.334 e. The Hall–Kier alpha value is -2.35. The molecule has 7 nitrogen and oxygen atoms in total. The van der Waals surface area contributed by atoms with Gasteiger partial charge >= 0.3 is 6.03 Å². The van der Waals surface area contributed by atoms with Gasteiger partial charge in [-0.2, -0.15) is 0 Å². The molecule has 0 radical (unpaired) electrons. The van der Waals surface area contributed by atoms with E-state index in [9.17, 15) is 18.0 Å². The van der Waals surface area contributed by atoms with Crippen molar-refractivity contribution >= 4 is 27.6 Å². The van der Waals surface area contributed by atoms with Crippen molar-refractivity contribution in [2.75, 3.05) is 11.9 Å². The number of rotatable bonds is 4. The summed E-state index contributed by atoms with van der Waals surface area (Å²) in [4.78, 5) is 26.1.